The SMILES string of the molecule is Cc1cncc(C(=O)N2CCc3ccc(N)cc3C2)c1. The van der Waals surface area contributed by atoms with Gasteiger partial charge in [-0.2, -0.15) is 0 Å². The van der Waals surface area contributed by atoms with Crippen LogP contribution in [-0.2, 0) is 13.0 Å². The molecule has 4 nitrogen and oxygen atoms in total. The van der Waals surface area contributed by atoms with E-state index in [-0.39, 0.29) is 5.91 Å². The fraction of sp³-hybridized carbons (Fsp3) is 0.250. The second-order valence-electron chi connectivity index (χ2n) is 5.26. The Labute approximate surface area is 118 Å². The summed E-state index contributed by atoms with van der Waals surface area (Å²) >= 11 is 0. The summed E-state index contributed by atoms with van der Waals surface area (Å²) in [6, 6.07) is 7.81. The molecule has 1 aromatic heterocycles. The van der Waals surface area contributed by atoms with Crippen molar-refractivity contribution in [3.05, 3.63) is 58.9 Å². The number of rotatable bonds is 1. The summed E-state index contributed by atoms with van der Waals surface area (Å²) in [4.78, 5) is 18.5. The maximum atomic E-state index is 12.5. The van der Waals surface area contributed by atoms with Crippen molar-refractivity contribution in [2.75, 3.05) is 12.3 Å². The highest BCUT2D eigenvalue weighted by Crippen LogP contribution is 2.22. The highest BCUT2D eigenvalue weighted by atomic mass is 16.2. The minimum absolute atomic E-state index is 0.0364. The van der Waals surface area contributed by atoms with E-state index in [0.717, 1.165) is 29.8 Å². The van der Waals surface area contributed by atoms with E-state index in [2.05, 4.69) is 11.1 Å². The van der Waals surface area contributed by atoms with Gasteiger partial charge in [0.05, 0.1) is 5.56 Å². The van der Waals surface area contributed by atoms with Crippen molar-refractivity contribution in [2.45, 2.75) is 19.9 Å². The molecule has 102 valence electrons. The third kappa shape index (κ3) is 2.37. The summed E-state index contributed by atoms with van der Waals surface area (Å²) in [6.45, 7) is 3.30. The molecule has 0 bridgehead atoms. The smallest absolute Gasteiger partial charge is 0.255 e. The number of aryl methyl sites for hydroxylation is 1. The number of carbonyl (C=O) groups excluding carboxylic acids is 1. The van der Waals surface area contributed by atoms with Crippen LogP contribution in [0.15, 0.2) is 36.7 Å². The van der Waals surface area contributed by atoms with E-state index >= 15 is 0 Å². The third-order valence-electron chi connectivity index (χ3n) is 3.65. The molecule has 2 heterocycles. The zero-order valence-electron chi connectivity index (χ0n) is 11.5. The summed E-state index contributed by atoms with van der Waals surface area (Å²) in [5, 5.41) is 0. The predicted octanol–water partition coefficient (Wildman–Crippen LogP) is 2.17. The number of aromatic nitrogens is 1. The quantitative estimate of drug-likeness (QED) is 0.806. The molecule has 0 fully saturated rings. The lowest BCUT2D eigenvalue weighted by molar-refractivity contribution is 0.0734. The molecule has 0 atom stereocenters. The van der Waals surface area contributed by atoms with Gasteiger partial charge in [0.2, 0.25) is 0 Å². The van der Waals surface area contributed by atoms with Gasteiger partial charge in [0, 0.05) is 31.2 Å². The molecule has 0 aliphatic carbocycles. The number of carbonyl (C=O) groups is 1. The first-order valence-corrected chi connectivity index (χ1v) is 6.72. The number of hydrogen-bond donors (Lipinski definition) is 1. The van der Waals surface area contributed by atoms with Gasteiger partial charge in [-0.3, -0.25) is 9.78 Å². The zero-order valence-corrected chi connectivity index (χ0v) is 11.5. The zero-order chi connectivity index (χ0) is 14.1. The van der Waals surface area contributed by atoms with Crippen molar-refractivity contribution in [3.8, 4) is 0 Å². The van der Waals surface area contributed by atoms with Crippen molar-refractivity contribution in [2.24, 2.45) is 0 Å². The van der Waals surface area contributed by atoms with Crippen molar-refractivity contribution >= 4 is 11.6 Å². The van der Waals surface area contributed by atoms with Crippen LogP contribution in [0, 0.1) is 6.92 Å². The molecule has 0 saturated carbocycles. The first-order chi connectivity index (χ1) is 9.63. The van der Waals surface area contributed by atoms with Crippen LogP contribution in [-0.4, -0.2) is 22.3 Å². The molecule has 0 radical (unpaired) electrons. The Kier molecular flexibility index (Phi) is 3.14. The Balaban J connectivity index is 1.84. The molecular formula is C16H17N3O. The Morgan fingerprint density at radius 3 is 2.90 bits per heavy atom. The van der Waals surface area contributed by atoms with Crippen LogP contribution in [0.1, 0.15) is 27.0 Å². The van der Waals surface area contributed by atoms with E-state index in [0.29, 0.717) is 12.1 Å². The minimum atomic E-state index is 0.0364. The predicted molar refractivity (Wildman–Crippen MR) is 78.3 cm³/mol. The van der Waals surface area contributed by atoms with E-state index in [4.69, 9.17) is 5.73 Å². The molecule has 1 aliphatic heterocycles. The molecule has 0 saturated heterocycles. The lowest BCUT2D eigenvalue weighted by Gasteiger charge is -2.29. The average molecular weight is 267 g/mol. The van der Waals surface area contributed by atoms with Gasteiger partial charge in [-0.05, 0) is 48.2 Å². The van der Waals surface area contributed by atoms with Gasteiger partial charge < -0.3 is 10.6 Å². The monoisotopic (exact) mass is 267 g/mol. The van der Waals surface area contributed by atoms with Gasteiger partial charge in [-0.15, -0.1) is 0 Å². The third-order valence-corrected chi connectivity index (χ3v) is 3.65. The van der Waals surface area contributed by atoms with E-state index in [1.54, 1.807) is 12.4 Å². The number of anilines is 1. The van der Waals surface area contributed by atoms with Crippen molar-refractivity contribution in [3.63, 3.8) is 0 Å². The van der Waals surface area contributed by atoms with Crippen molar-refractivity contribution in [1.82, 2.24) is 9.88 Å². The van der Waals surface area contributed by atoms with Crippen LogP contribution in [0.3, 0.4) is 0 Å². The summed E-state index contributed by atoms with van der Waals surface area (Å²) in [5.74, 6) is 0.0364. The van der Waals surface area contributed by atoms with Crippen molar-refractivity contribution < 1.29 is 4.79 Å². The Morgan fingerprint density at radius 2 is 2.10 bits per heavy atom. The molecule has 1 aliphatic rings. The molecule has 2 N–H and O–H groups in total. The van der Waals surface area contributed by atoms with Gasteiger partial charge in [0.15, 0.2) is 0 Å². The summed E-state index contributed by atoms with van der Waals surface area (Å²) in [5.41, 5.74) is 10.6. The van der Waals surface area contributed by atoms with E-state index in [1.165, 1.54) is 5.56 Å². The van der Waals surface area contributed by atoms with Crippen LogP contribution < -0.4 is 5.73 Å². The Hall–Kier alpha value is -2.36. The van der Waals surface area contributed by atoms with Gasteiger partial charge in [-0.25, -0.2) is 0 Å². The minimum Gasteiger partial charge on any atom is -0.399 e. The number of nitrogen functional groups attached to an aromatic ring is 1. The molecule has 4 heteroatoms. The molecule has 2 aromatic rings. The van der Waals surface area contributed by atoms with E-state index < -0.39 is 0 Å². The summed E-state index contributed by atoms with van der Waals surface area (Å²) in [6.07, 6.45) is 4.26. The highest BCUT2D eigenvalue weighted by molar-refractivity contribution is 5.94. The number of nitrogens with two attached hydrogens (primary N) is 1. The summed E-state index contributed by atoms with van der Waals surface area (Å²) < 4.78 is 0. The molecule has 3 rings (SSSR count). The number of benzene rings is 1. The van der Waals surface area contributed by atoms with Crippen LogP contribution in [0.25, 0.3) is 0 Å². The number of hydrogen-bond acceptors (Lipinski definition) is 3. The molecule has 20 heavy (non-hydrogen) atoms. The number of amides is 1. The highest BCUT2D eigenvalue weighted by Gasteiger charge is 2.22. The average Bonchev–Trinajstić information content (AvgIpc) is 2.45. The van der Waals surface area contributed by atoms with Gasteiger partial charge >= 0.3 is 0 Å². The van der Waals surface area contributed by atoms with Crippen LogP contribution >= 0.6 is 0 Å². The fourth-order valence-corrected chi connectivity index (χ4v) is 2.60. The molecular weight excluding hydrogens is 250 g/mol. The number of fused-ring (bicyclic) bond motifs is 1. The van der Waals surface area contributed by atoms with Gasteiger partial charge in [0.25, 0.3) is 5.91 Å². The maximum absolute atomic E-state index is 12.5. The first-order valence-electron chi connectivity index (χ1n) is 6.72. The molecule has 1 amide bonds. The lowest BCUT2D eigenvalue weighted by Crippen LogP contribution is -2.36. The Bertz CT molecular complexity index is 667. The number of pyridine rings is 1. The van der Waals surface area contributed by atoms with Gasteiger partial charge in [0.1, 0.15) is 0 Å². The van der Waals surface area contributed by atoms with E-state index in [1.807, 2.05) is 30.0 Å². The standard InChI is InChI=1S/C16H17N3O/c1-11-6-13(9-18-8-11)16(20)19-5-4-12-2-3-15(17)7-14(12)10-19/h2-3,6-9H,4-5,10,17H2,1H3. The lowest BCUT2D eigenvalue weighted by atomic mass is 9.98. The van der Waals surface area contributed by atoms with E-state index in [9.17, 15) is 4.79 Å². The molecule has 1 aromatic carbocycles. The largest absolute Gasteiger partial charge is 0.399 e. The number of nitrogens with zero attached hydrogens (tertiary/aromatic N) is 2. The van der Waals surface area contributed by atoms with Crippen LogP contribution in [0.4, 0.5) is 5.69 Å². The van der Waals surface area contributed by atoms with Crippen LogP contribution in [0.2, 0.25) is 0 Å². The fourth-order valence-electron chi connectivity index (χ4n) is 2.60. The van der Waals surface area contributed by atoms with Gasteiger partial charge in [-0.1, -0.05) is 6.07 Å². The van der Waals surface area contributed by atoms with Crippen molar-refractivity contribution in [1.29, 1.82) is 0 Å². The first kappa shape index (κ1) is 12.7. The second-order valence-corrected chi connectivity index (χ2v) is 5.26. The summed E-state index contributed by atoms with van der Waals surface area (Å²) in [7, 11) is 0. The molecule has 0 spiro atoms. The second kappa shape index (κ2) is 4.96. The normalized spacial score (nSPS) is 13.9. The van der Waals surface area contributed by atoms with Crippen LogP contribution in [0.5, 0.6) is 0 Å². The molecule has 0 unspecified atom stereocenters. The topological polar surface area (TPSA) is 59.2 Å². The Morgan fingerprint density at radius 1 is 1.25 bits per heavy atom. The maximum Gasteiger partial charge on any atom is 0.255 e.